The molecular weight excluding hydrogens is 531 g/mol. The van der Waals surface area contributed by atoms with Crippen molar-refractivity contribution in [1.82, 2.24) is 0 Å². The van der Waals surface area contributed by atoms with Crippen LogP contribution in [0.2, 0.25) is 0 Å². The molecule has 1 aliphatic carbocycles. The van der Waals surface area contributed by atoms with Gasteiger partial charge < -0.3 is 0 Å². The Morgan fingerprint density at radius 3 is 1.18 bits per heavy atom. The smallest absolute Gasteiger partial charge is 0.205 e. The number of rotatable bonds is 8. The first-order valence-electron chi connectivity index (χ1n) is 8.01. The zero-order valence-corrected chi connectivity index (χ0v) is 16.7. The summed E-state index contributed by atoms with van der Waals surface area (Å²) >= 11 is 0. The van der Waals surface area contributed by atoms with E-state index in [1.807, 2.05) is 0 Å². The van der Waals surface area contributed by atoms with Crippen molar-refractivity contribution in [2.45, 2.75) is 67.5 Å². The maximum atomic E-state index is 13.9. The molecule has 0 fully saturated rings. The molecule has 0 unspecified atom stereocenters. The lowest BCUT2D eigenvalue weighted by Gasteiger charge is -2.42. The van der Waals surface area contributed by atoms with Crippen LogP contribution in [0.15, 0.2) is 22.4 Å². The molecule has 0 aliphatic heterocycles. The van der Waals surface area contributed by atoms with E-state index in [0.29, 0.717) is 0 Å². The molecule has 1 aliphatic rings. The van der Waals surface area contributed by atoms with Crippen molar-refractivity contribution in [3.05, 3.63) is 22.4 Å². The standard InChI is InChI=1S/C15H9F17Si/c1-5-3-4-7(6(5)2)33-15(31,32)13(26,27)11(22,23)9(18,19)8(16,17)10(20,21)12(24,25)14(28,29)30/h4H,3H2,1-2H3. The molecule has 0 atom stereocenters. The van der Waals surface area contributed by atoms with E-state index in [-0.39, 0.29) is 17.6 Å². The zero-order chi connectivity index (χ0) is 26.9. The number of halogens is 17. The van der Waals surface area contributed by atoms with Crippen LogP contribution in [0.1, 0.15) is 20.3 Å². The summed E-state index contributed by atoms with van der Waals surface area (Å²) in [6, 6.07) is 0. The van der Waals surface area contributed by atoms with Crippen molar-refractivity contribution in [2.75, 3.05) is 0 Å². The Morgan fingerprint density at radius 2 is 0.879 bits per heavy atom. The molecule has 192 valence electrons. The molecule has 0 saturated carbocycles. The maximum Gasteiger partial charge on any atom is 0.460 e. The van der Waals surface area contributed by atoms with E-state index in [1.54, 1.807) is 0 Å². The maximum absolute atomic E-state index is 13.9. The number of allylic oxidation sites excluding steroid dienone is 4. The predicted molar refractivity (Wildman–Crippen MR) is 77.5 cm³/mol. The van der Waals surface area contributed by atoms with Gasteiger partial charge in [-0.15, -0.1) is 0 Å². The van der Waals surface area contributed by atoms with E-state index in [4.69, 9.17) is 0 Å². The highest BCUT2D eigenvalue weighted by atomic mass is 28.2. The molecule has 0 heterocycles. The van der Waals surface area contributed by atoms with Gasteiger partial charge in [-0.3, -0.25) is 0 Å². The van der Waals surface area contributed by atoms with Crippen LogP contribution < -0.4 is 0 Å². The third kappa shape index (κ3) is 3.92. The van der Waals surface area contributed by atoms with E-state index in [2.05, 4.69) is 0 Å². The fraction of sp³-hybridized carbons (Fsp3) is 0.733. The lowest BCUT2D eigenvalue weighted by Crippen LogP contribution is -2.74. The minimum Gasteiger partial charge on any atom is -0.205 e. The molecule has 18 heteroatoms. The van der Waals surface area contributed by atoms with Crippen LogP contribution in [0.5, 0.6) is 0 Å². The highest BCUT2D eigenvalue weighted by Gasteiger charge is 2.95. The van der Waals surface area contributed by atoms with E-state index < -0.39 is 62.0 Å². The summed E-state index contributed by atoms with van der Waals surface area (Å²) in [5, 5.41) is -0.808. The van der Waals surface area contributed by atoms with E-state index in [9.17, 15) is 74.6 Å². The van der Waals surface area contributed by atoms with Gasteiger partial charge in [-0.1, -0.05) is 22.4 Å². The van der Waals surface area contributed by atoms with Crippen molar-refractivity contribution in [1.29, 1.82) is 0 Å². The topological polar surface area (TPSA) is 0 Å². The van der Waals surface area contributed by atoms with Crippen LogP contribution in [0.4, 0.5) is 74.6 Å². The van der Waals surface area contributed by atoms with Crippen molar-refractivity contribution < 1.29 is 74.6 Å². The molecule has 0 nitrogen and oxygen atoms in total. The van der Waals surface area contributed by atoms with Crippen molar-refractivity contribution in [2.24, 2.45) is 0 Å². The van der Waals surface area contributed by atoms with Gasteiger partial charge in [-0.05, 0) is 20.3 Å². The van der Waals surface area contributed by atoms with E-state index in [1.165, 1.54) is 6.92 Å². The van der Waals surface area contributed by atoms with Gasteiger partial charge in [0.25, 0.3) is 5.55 Å². The van der Waals surface area contributed by atoms with Crippen LogP contribution in [-0.2, 0) is 0 Å². The van der Waals surface area contributed by atoms with Gasteiger partial charge in [0.2, 0.25) is 0 Å². The Morgan fingerprint density at radius 1 is 0.545 bits per heavy atom. The molecule has 0 amide bonds. The second-order valence-electron chi connectivity index (χ2n) is 6.87. The van der Waals surface area contributed by atoms with Gasteiger partial charge in [0.15, 0.2) is 9.52 Å². The van der Waals surface area contributed by atoms with Crippen molar-refractivity contribution in [3.63, 3.8) is 0 Å². The Balaban J connectivity index is 3.57. The van der Waals surface area contributed by atoms with Gasteiger partial charge in [-0.2, -0.15) is 65.9 Å². The molecule has 0 aromatic heterocycles. The van der Waals surface area contributed by atoms with Crippen molar-refractivity contribution >= 4 is 9.52 Å². The Labute approximate surface area is 175 Å². The third-order valence-electron chi connectivity index (χ3n) is 4.67. The summed E-state index contributed by atoms with van der Waals surface area (Å²) in [6.07, 6.45) is -7.18. The van der Waals surface area contributed by atoms with Crippen LogP contribution in [0, 0.1) is 0 Å². The summed E-state index contributed by atoms with van der Waals surface area (Å²) in [7, 11) is -2.82. The highest BCUT2D eigenvalue weighted by molar-refractivity contribution is 6.50. The molecule has 0 spiro atoms. The minimum atomic E-state index is -8.59. The quantitative estimate of drug-likeness (QED) is 0.224. The Hall–Kier alpha value is -1.49. The van der Waals surface area contributed by atoms with E-state index in [0.717, 1.165) is 13.0 Å². The lowest BCUT2D eigenvalue weighted by molar-refractivity contribution is -0.458. The normalized spacial score (nSPS) is 18.2. The summed E-state index contributed by atoms with van der Waals surface area (Å²) in [5.74, 6) is -49.6. The van der Waals surface area contributed by atoms with Crippen LogP contribution >= 0.6 is 0 Å². The predicted octanol–water partition coefficient (Wildman–Crippen LogP) is 7.28. The summed E-state index contributed by atoms with van der Waals surface area (Å²) in [6.45, 7) is 2.27. The lowest BCUT2D eigenvalue weighted by atomic mass is 9.91. The average Bonchev–Trinajstić information content (AvgIpc) is 2.91. The fourth-order valence-electron chi connectivity index (χ4n) is 2.35. The molecule has 0 aromatic rings. The molecule has 0 N–H and O–H groups in total. The Bertz CT molecular complexity index is 830. The SMILES string of the molecule is CC1=C(C)C([Si]C(F)(F)C(F)(F)C(F)(F)C(F)(F)C(F)(F)C(F)(F)C(F)(F)C(F)(F)F)=CC1. The monoisotopic (exact) mass is 540 g/mol. The number of hydrogen-bond donors (Lipinski definition) is 0. The first-order valence-corrected chi connectivity index (χ1v) is 9.01. The minimum absolute atomic E-state index is 0.181. The van der Waals surface area contributed by atoms with Gasteiger partial charge in [0.05, 0.1) is 0 Å². The molecule has 0 aromatic carbocycles. The molecule has 0 saturated heterocycles. The van der Waals surface area contributed by atoms with Crippen molar-refractivity contribution in [3.8, 4) is 0 Å². The van der Waals surface area contributed by atoms with Crippen LogP contribution in [0.25, 0.3) is 0 Å². The zero-order valence-electron chi connectivity index (χ0n) is 15.7. The number of hydrogen-bond acceptors (Lipinski definition) is 0. The summed E-state index contributed by atoms with van der Waals surface area (Å²) in [4.78, 5) is 0. The third-order valence-corrected chi connectivity index (χ3v) is 6.15. The van der Waals surface area contributed by atoms with E-state index >= 15 is 0 Å². The second-order valence-corrected chi connectivity index (χ2v) is 8.29. The largest absolute Gasteiger partial charge is 0.460 e. The first kappa shape index (κ1) is 29.5. The van der Waals surface area contributed by atoms with Gasteiger partial charge in [0, 0.05) is 0 Å². The van der Waals surface area contributed by atoms with Gasteiger partial charge in [0.1, 0.15) is 0 Å². The summed E-state index contributed by atoms with van der Waals surface area (Å²) < 4.78 is 224. The Kier molecular flexibility index (Phi) is 6.95. The second kappa shape index (κ2) is 7.76. The molecule has 0 bridgehead atoms. The fourth-order valence-corrected chi connectivity index (χ4v) is 3.60. The molecule has 33 heavy (non-hydrogen) atoms. The summed E-state index contributed by atoms with van der Waals surface area (Å²) in [5.41, 5.74) is -6.31. The van der Waals surface area contributed by atoms with Crippen LogP contribution in [-0.4, -0.2) is 56.8 Å². The molecular formula is C15H9F17Si. The number of alkyl halides is 17. The molecule has 2 radical (unpaired) electrons. The van der Waals surface area contributed by atoms with Crippen LogP contribution in [0.3, 0.4) is 0 Å². The van der Waals surface area contributed by atoms with Gasteiger partial charge >= 0.3 is 41.7 Å². The first-order chi connectivity index (χ1) is 14.1. The molecule has 1 rings (SSSR count). The average molecular weight is 540 g/mol. The highest BCUT2D eigenvalue weighted by Crippen LogP contribution is 2.64. The van der Waals surface area contributed by atoms with Gasteiger partial charge in [-0.25, -0.2) is 8.78 Å².